The fourth-order valence-corrected chi connectivity index (χ4v) is 8.19. The van der Waals surface area contributed by atoms with E-state index in [1.807, 2.05) is 31.2 Å². The summed E-state index contributed by atoms with van der Waals surface area (Å²) >= 11 is 1.48. The van der Waals surface area contributed by atoms with Gasteiger partial charge in [0.1, 0.15) is 0 Å². The highest BCUT2D eigenvalue weighted by atomic mass is 32.2. The van der Waals surface area contributed by atoms with Crippen molar-refractivity contribution < 1.29 is 13.2 Å². The van der Waals surface area contributed by atoms with E-state index < -0.39 is 10.0 Å². The van der Waals surface area contributed by atoms with Gasteiger partial charge >= 0.3 is 0 Å². The number of rotatable bonds is 9. The van der Waals surface area contributed by atoms with E-state index in [0.717, 1.165) is 53.4 Å². The van der Waals surface area contributed by atoms with Crippen LogP contribution in [0.4, 0.5) is 5.13 Å². The van der Waals surface area contributed by atoms with Crippen molar-refractivity contribution in [1.29, 1.82) is 0 Å². The fourth-order valence-electron chi connectivity index (χ4n) is 5.49. The van der Waals surface area contributed by atoms with E-state index in [-0.39, 0.29) is 16.8 Å². The van der Waals surface area contributed by atoms with Crippen LogP contribution < -0.4 is 4.90 Å². The zero-order valence-electron chi connectivity index (χ0n) is 23.3. The number of sulfonamides is 1. The molecule has 40 heavy (non-hydrogen) atoms. The molecule has 1 amide bonds. The number of aromatic nitrogens is 2. The van der Waals surface area contributed by atoms with Gasteiger partial charge in [0.25, 0.3) is 5.91 Å². The van der Waals surface area contributed by atoms with Gasteiger partial charge < -0.3 is 0 Å². The largest absolute Gasteiger partial charge is 0.279 e. The topological polar surface area (TPSA) is 83.5 Å². The minimum atomic E-state index is -3.65. The van der Waals surface area contributed by atoms with E-state index in [9.17, 15) is 13.2 Å². The van der Waals surface area contributed by atoms with Crippen molar-refractivity contribution in [3.8, 4) is 0 Å². The molecule has 2 aromatic heterocycles. The molecule has 7 nitrogen and oxygen atoms in total. The van der Waals surface area contributed by atoms with Crippen LogP contribution in [-0.2, 0) is 16.6 Å². The predicted molar refractivity (Wildman–Crippen MR) is 161 cm³/mol. The minimum absolute atomic E-state index is 0.0368. The summed E-state index contributed by atoms with van der Waals surface area (Å²) in [7, 11) is -3.65. The Morgan fingerprint density at radius 2 is 1.77 bits per heavy atom. The highest BCUT2D eigenvalue weighted by Gasteiger charge is 2.31. The molecule has 5 rings (SSSR count). The highest BCUT2D eigenvalue weighted by molar-refractivity contribution is 7.89. The van der Waals surface area contributed by atoms with Crippen molar-refractivity contribution in [3.63, 3.8) is 0 Å². The second-order valence-corrected chi connectivity index (χ2v) is 13.5. The summed E-state index contributed by atoms with van der Waals surface area (Å²) in [4.78, 5) is 25.0. The number of para-hydroxylation sites is 1. The summed E-state index contributed by atoms with van der Waals surface area (Å²) in [5.41, 5.74) is 3.34. The first-order chi connectivity index (χ1) is 19.3. The molecule has 0 saturated heterocycles. The van der Waals surface area contributed by atoms with Crippen LogP contribution in [-0.4, -0.2) is 41.2 Å². The summed E-state index contributed by atoms with van der Waals surface area (Å²) in [5.74, 6) is 0.0597. The number of hydrogen-bond acceptors (Lipinski definition) is 6. The molecule has 9 heteroatoms. The molecule has 1 fully saturated rings. The Morgan fingerprint density at radius 1 is 1.02 bits per heavy atom. The van der Waals surface area contributed by atoms with Crippen LogP contribution in [0.25, 0.3) is 10.2 Å². The Morgan fingerprint density at radius 3 is 2.42 bits per heavy atom. The Kier molecular flexibility index (Phi) is 8.63. The quantitative estimate of drug-likeness (QED) is 0.214. The van der Waals surface area contributed by atoms with Crippen molar-refractivity contribution in [3.05, 3.63) is 83.7 Å². The van der Waals surface area contributed by atoms with Gasteiger partial charge in [-0.05, 0) is 66.3 Å². The molecule has 0 atom stereocenters. The van der Waals surface area contributed by atoms with Crippen molar-refractivity contribution >= 4 is 42.6 Å². The summed E-state index contributed by atoms with van der Waals surface area (Å²) < 4.78 is 29.7. The van der Waals surface area contributed by atoms with Gasteiger partial charge in [-0.3, -0.25) is 14.7 Å². The van der Waals surface area contributed by atoms with Crippen LogP contribution in [0.1, 0.15) is 80.3 Å². The number of carbonyl (C=O) groups is 1. The van der Waals surface area contributed by atoms with Crippen molar-refractivity contribution in [2.75, 3.05) is 11.4 Å². The lowest BCUT2D eigenvalue weighted by Crippen LogP contribution is -2.41. The zero-order chi connectivity index (χ0) is 28.3. The van der Waals surface area contributed by atoms with Crippen LogP contribution in [0, 0.1) is 0 Å². The van der Waals surface area contributed by atoms with Gasteiger partial charge in [-0.2, -0.15) is 4.31 Å². The number of thiazole rings is 1. The van der Waals surface area contributed by atoms with E-state index in [0.29, 0.717) is 29.7 Å². The van der Waals surface area contributed by atoms with Crippen LogP contribution in [0.2, 0.25) is 0 Å². The number of fused-ring (bicyclic) bond motifs is 1. The lowest BCUT2D eigenvalue weighted by Gasteiger charge is -2.32. The van der Waals surface area contributed by atoms with E-state index >= 15 is 0 Å². The smallest absolute Gasteiger partial charge is 0.260 e. The van der Waals surface area contributed by atoms with E-state index in [1.165, 1.54) is 11.3 Å². The second-order valence-electron chi connectivity index (χ2n) is 10.6. The maximum absolute atomic E-state index is 14.0. The Bertz CT molecular complexity index is 1560. The number of nitrogens with zero attached hydrogens (tertiary/aromatic N) is 4. The molecule has 4 aromatic rings. The Hall–Kier alpha value is -3.14. The first-order valence-electron chi connectivity index (χ1n) is 14.0. The SMILES string of the molecule is CCN(C1CCCCC1)S(=O)(=O)c1ccc(C(=O)N(Cc2cccnc2)c2nc3c(C(C)C)cccc3s2)cc1. The van der Waals surface area contributed by atoms with E-state index in [1.54, 1.807) is 45.9 Å². The van der Waals surface area contributed by atoms with Crippen molar-refractivity contribution in [1.82, 2.24) is 14.3 Å². The first kappa shape index (κ1) is 28.4. The van der Waals surface area contributed by atoms with Gasteiger partial charge in [0.05, 0.1) is 21.7 Å². The molecule has 0 N–H and O–H groups in total. The Labute approximate surface area is 240 Å². The van der Waals surface area contributed by atoms with Crippen LogP contribution in [0.15, 0.2) is 71.9 Å². The molecular weight excluding hydrogens is 541 g/mol. The third kappa shape index (κ3) is 5.82. The number of pyridine rings is 1. The van der Waals surface area contributed by atoms with Gasteiger partial charge in [0.15, 0.2) is 5.13 Å². The van der Waals surface area contributed by atoms with E-state index in [2.05, 4.69) is 24.9 Å². The summed E-state index contributed by atoms with van der Waals surface area (Å²) in [5, 5.41) is 0.600. The molecule has 1 aliphatic carbocycles. The van der Waals surface area contributed by atoms with Gasteiger partial charge in [0.2, 0.25) is 10.0 Å². The van der Waals surface area contributed by atoms with Crippen LogP contribution in [0.3, 0.4) is 0 Å². The number of benzene rings is 2. The number of anilines is 1. The van der Waals surface area contributed by atoms with E-state index in [4.69, 9.17) is 4.98 Å². The maximum Gasteiger partial charge on any atom is 0.260 e. The predicted octanol–water partition coefficient (Wildman–Crippen LogP) is 7.01. The average molecular weight is 577 g/mol. The maximum atomic E-state index is 14.0. The zero-order valence-corrected chi connectivity index (χ0v) is 24.9. The number of carbonyl (C=O) groups excluding carboxylic acids is 1. The molecule has 0 unspecified atom stereocenters. The van der Waals surface area contributed by atoms with Crippen LogP contribution in [0.5, 0.6) is 0 Å². The molecule has 2 aromatic carbocycles. The van der Waals surface area contributed by atoms with Gasteiger partial charge in [-0.25, -0.2) is 13.4 Å². The third-order valence-electron chi connectivity index (χ3n) is 7.60. The van der Waals surface area contributed by atoms with Gasteiger partial charge in [0, 0.05) is 30.5 Å². The number of hydrogen-bond donors (Lipinski definition) is 0. The third-order valence-corrected chi connectivity index (χ3v) is 10.7. The fraction of sp³-hybridized carbons (Fsp3) is 0.387. The summed E-state index contributed by atoms with van der Waals surface area (Å²) in [6, 6.07) is 16.3. The van der Waals surface area contributed by atoms with Crippen LogP contribution >= 0.6 is 11.3 Å². The normalized spacial score (nSPS) is 14.7. The highest BCUT2D eigenvalue weighted by Crippen LogP contribution is 2.35. The van der Waals surface area contributed by atoms with Gasteiger partial charge in [-0.15, -0.1) is 0 Å². The molecule has 1 aliphatic rings. The number of amides is 1. The molecule has 2 heterocycles. The minimum Gasteiger partial charge on any atom is -0.279 e. The monoisotopic (exact) mass is 576 g/mol. The lowest BCUT2D eigenvalue weighted by molar-refractivity contribution is 0.0985. The second kappa shape index (κ2) is 12.2. The summed E-state index contributed by atoms with van der Waals surface area (Å²) in [6.45, 7) is 6.90. The van der Waals surface area contributed by atoms with Crippen molar-refractivity contribution in [2.45, 2.75) is 76.3 Å². The standard InChI is InChI=1S/C31H36N4O3S2/c1-4-35(25-11-6-5-7-12-25)40(37,38)26-17-15-24(16-18-26)30(36)34(21-23-10-9-19-32-20-23)31-33-29-27(22(2)3)13-8-14-28(29)39-31/h8-10,13-20,22,25H,4-7,11-12,21H2,1-3H3. The molecule has 0 radical (unpaired) electrons. The molecule has 210 valence electrons. The Balaban J connectivity index is 1.47. The lowest BCUT2D eigenvalue weighted by atomic mass is 9.95. The molecule has 0 bridgehead atoms. The average Bonchev–Trinajstić information content (AvgIpc) is 3.41. The molecular formula is C31H36N4O3S2. The molecule has 0 aliphatic heterocycles. The van der Waals surface area contributed by atoms with Crippen molar-refractivity contribution in [2.24, 2.45) is 0 Å². The molecule has 1 saturated carbocycles. The molecule has 0 spiro atoms. The van der Waals surface area contributed by atoms with Gasteiger partial charge in [-0.1, -0.05) is 69.6 Å². The summed E-state index contributed by atoms with van der Waals surface area (Å²) in [6.07, 6.45) is 8.51. The first-order valence-corrected chi connectivity index (χ1v) is 16.3.